The topological polar surface area (TPSA) is 38.5 Å². The van der Waals surface area contributed by atoms with Crippen LogP contribution in [0, 0.1) is 0 Å². The van der Waals surface area contributed by atoms with Crippen molar-refractivity contribution in [2.75, 3.05) is 20.2 Å². The van der Waals surface area contributed by atoms with E-state index in [1.807, 2.05) is 0 Å². The van der Waals surface area contributed by atoms with Crippen LogP contribution in [0.15, 0.2) is 0 Å². The third-order valence-corrected chi connectivity index (χ3v) is 2.56. The molecule has 0 spiro atoms. The molecular weight excluding hydrogens is 164 g/mol. The molecule has 0 aromatic carbocycles. The summed E-state index contributed by atoms with van der Waals surface area (Å²) >= 11 is 0. The molecule has 1 saturated heterocycles. The molecule has 1 aliphatic rings. The van der Waals surface area contributed by atoms with Gasteiger partial charge in [-0.05, 0) is 34.2 Å². The Bertz CT molecular complexity index is 165. The first kappa shape index (κ1) is 11.0. The van der Waals surface area contributed by atoms with E-state index < -0.39 is 0 Å². The summed E-state index contributed by atoms with van der Waals surface area (Å²) in [6.07, 6.45) is 1.49. The molecule has 2 N–H and O–H groups in total. The molecule has 0 amide bonds. The molecule has 78 valence electrons. The lowest BCUT2D eigenvalue weighted by Crippen LogP contribution is -2.49. The van der Waals surface area contributed by atoms with Gasteiger partial charge in [0.25, 0.3) is 0 Å². The summed E-state index contributed by atoms with van der Waals surface area (Å²) in [6, 6.07) is 0.544. The first-order valence-corrected chi connectivity index (χ1v) is 5.01. The predicted molar refractivity (Wildman–Crippen MR) is 54.7 cm³/mol. The lowest BCUT2D eigenvalue weighted by Gasteiger charge is -2.32. The molecule has 0 aromatic rings. The quantitative estimate of drug-likeness (QED) is 0.709. The van der Waals surface area contributed by atoms with Crippen molar-refractivity contribution in [2.24, 2.45) is 5.73 Å². The molecule has 1 aliphatic heterocycles. The number of rotatable bonds is 3. The molecule has 13 heavy (non-hydrogen) atoms. The van der Waals surface area contributed by atoms with Crippen LogP contribution in [-0.4, -0.2) is 42.8 Å². The number of ether oxygens (including phenoxy) is 1. The first-order valence-electron chi connectivity index (χ1n) is 5.01. The number of hydrogen-bond donors (Lipinski definition) is 1. The molecule has 0 aromatic heterocycles. The fourth-order valence-electron chi connectivity index (χ4n) is 2.06. The average molecular weight is 186 g/mol. The van der Waals surface area contributed by atoms with Crippen LogP contribution in [0.1, 0.15) is 27.2 Å². The molecule has 0 radical (unpaired) electrons. The Kier molecular flexibility index (Phi) is 3.33. The third-order valence-electron chi connectivity index (χ3n) is 2.56. The van der Waals surface area contributed by atoms with E-state index in [2.05, 4.69) is 32.7 Å². The lowest BCUT2D eigenvalue weighted by molar-refractivity contribution is 0.0778. The lowest BCUT2D eigenvalue weighted by atomic mass is 10.0. The Hall–Kier alpha value is -0.120. The van der Waals surface area contributed by atoms with Gasteiger partial charge in [-0.1, -0.05) is 0 Å². The molecular formula is C10H22N2O. The largest absolute Gasteiger partial charge is 0.377 e. The zero-order valence-electron chi connectivity index (χ0n) is 9.21. The van der Waals surface area contributed by atoms with Gasteiger partial charge in [-0.25, -0.2) is 0 Å². The molecule has 0 bridgehead atoms. The van der Waals surface area contributed by atoms with Crippen LogP contribution in [0.3, 0.4) is 0 Å². The van der Waals surface area contributed by atoms with E-state index in [0.29, 0.717) is 12.1 Å². The molecule has 1 rings (SSSR count). The van der Waals surface area contributed by atoms with Gasteiger partial charge in [0.1, 0.15) is 0 Å². The molecule has 0 saturated carbocycles. The Morgan fingerprint density at radius 3 is 2.54 bits per heavy atom. The average Bonchev–Trinajstić information content (AvgIpc) is 2.30. The van der Waals surface area contributed by atoms with Crippen LogP contribution >= 0.6 is 0 Å². The SMILES string of the molecule is CC1OCCC1N(C)CC(C)(C)N. The van der Waals surface area contributed by atoms with E-state index >= 15 is 0 Å². The second-order valence-electron chi connectivity index (χ2n) is 4.84. The number of hydrogen-bond acceptors (Lipinski definition) is 3. The van der Waals surface area contributed by atoms with E-state index in [9.17, 15) is 0 Å². The number of likely N-dealkylation sites (N-methyl/N-ethyl adjacent to an activating group) is 1. The minimum atomic E-state index is -0.114. The van der Waals surface area contributed by atoms with E-state index in [1.54, 1.807) is 0 Å². The molecule has 3 nitrogen and oxygen atoms in total. The maximum atomic E-state index is 5.97. The van der Waals surface area contributed by atoms with Gasteiger partial charge in [0.05, 0.1) is 6.10 Å². The van der Waals surface area contributed by atoms with Crippen molar-refractivity contribution >= 4 is 0 Å². The van der Waals surface area contributed by atoms with E-state index in [1.165, 1.54) is 0 Å². The Morgan fingerprint density at radius 1 is 1.54 bits per heavy atom. The summed E-state index contributed by atoms with van der Waals surface area (Å²) in [6.45, 7) is 8.07. The molecule has 1 heterocycles. The van der Waals surface area contributed by atoms with Crippen molar-refractivity contribution in [1.29, 1.82) is 0 Å². The summed E-state index contributed by atoms with van der Waals surface area (Å²) < 4.78 is 5.52. The third kappa shape index (κ3) is 3.25. The van der Waals surface area contributed by atoms with Crippen LogP contribution in [-0.2, 0) is 4.74 Å². The van der Waals surface area contributed by atoms with Crippen molar-refractivity contribution in [3.63, 3.8) is 0 Å². The highest BCUT2D eigenvalue weighted by Gasteiger charge is 2.29. The smallest absolute Gasteiger partial charge is 0.0702 e. The van der Waals surface area contributed by atoms with Crippen molar-refractivity contribution in [2.45, 2.75) is 44.9 Å². The minimum Gasteiger partial charge on any atom is -0.377 e. The Morgan fingerprint density at radius 2 is 2.15 bits per heavy atom. The zero-order chi connectivity index (χ0) is 10.1. The van der Waals surface area contributed by atoms with E-state index in [4.69, 9.17) is 10.5 Å². The summed E-state index contributed by atoms with van der Waals surface area (Å²) in [5, 5.41) is 0. The first-order chi connectivity index (χ1) is 5.90. The molecule has 2 unspecified atom stereocenters. The van der Waals surface area contributed by atoms with Gasteiger partial charge in [0.15, 0.2) is 0 Å². The summed E-state index contributed by atoms with van der Waals surface area (Å²) in [7, 11) is 2.13. The minimum absolute atomic E-state index is 0.114. The molecule has 2 atom stereocenters. The van der Waals surface area contributed by atoms with Crippen LogP contribution in [0.5, 0.6) is 0 Å². The maximum Gasteiger partial charge on any atom is 0.0702 e. The van der Waals surface area contributed by atoms with Gasteiger partial charge in [-0.15, -0.1) is 0 Å². The fraction of sp³-hybridized carbons (Fsp3) is 1.00. The van der Waals surface area contributed by atoms with Gasteiger partial charge < -0.3 is 10.5 Å². The van der Waals surface area contributed by atoms with Gasteiger partial charge >= 0.3 is 0 Å². The summed E-state index contributed by atoms with van der Waals surface area (Å²) in [4.78, 5) is 2.32. The highest BCUT2D eigenvalue weighted by Crippen LogP contribution is 2.19. The Labute approximate surface area is 81.2 Å². The summed E-state index contributed by atoms with van der Waals surface area (Å²) in [5.74, 6) is 0. The fourth-order valence-corrected chi connectivity index (χ4v) is 2.06. The monoisotopic (exact) mass is 186 g/mol. The van der Waals surface area contributed by atoms with E-state index in [-0.39, 0.29) is 5.54 Å². The standard InChI is InChI=1S/C10H22N2O/c1-8-9(5-6-13-8)12(4)7-10(2,3)11/h8-9H,5-7,11H2,1-4H3. The van der Waals surface area contributed by atoms with Crippen LogP contribution in [0.25, 0.3) is 0 Å². The van der Waals surface area contributed by atoms with Crippen molar-refractivity contribution in [3.8, 4) is 0 Å². The second-order valence-corrected chi connectivity index (χ2v) is 4.84. The van der Waals surface area contributed by atoms with E-state index in [0.717, 1.165) is 19.6 Å². The molecule has 1 fully saturated rings. The van der Waals surface area contributed by atoms with Crippen LogP contribution in [0.4, 0.5) is 0 Å². The van der Waals surface area contributed by atoms with Crippen LogP contribution < -0.4 is 5.73 Å². The van der Waals surface area contributed by atoms with Gasteiger partial charge in [-0.2, -0.15) is 0 Å². The Balaban J connectivity index is 2.43. The second kappa shape index (κ2) is 3.95. The highest BCUT2D eigenvalue weighted by molar-refractivity contribution is 4.85. The van der Waals surface area contributed by atoms with Crippen molar-refractivity contribution in [3.05, 3.63) is 0 Å². The summed E-state index contributed by atoms with van der Waals surface area (Å²) in [5.41, 5.74) is 5.85. The zero-order valence-corrected chi connectivity index (χ0v) is 9.21. The van der Waals surface area contributed by atoms with Crippen molar-refractivity contribution in [1.82, 2.24) is 4.90 Å². The maximum absolute atomic E-state index is 5.97. The predicted octanol–water partition coefficient (Wildman–Crippen LogP) is 0.833. The normalized spacial score (nSPS) is 30.0. The van der Waals surface area contributed by atoms with Gasteiger partial charge in [0, 0.05) is 24.7 Å². The van der Waals surface area contributed by atoms with Gasteiger partial charge in [0.2, 0.25) is 0 Å². The van der Waals surface area contributed by atoms with Crippen LogP contribution in [0.2, 0.25) is 0 Å². The molecule has 0 aliphatic carbocycles. The number of nitrogens with two attached hydrogens (primary N) is 1. The number of nitrogens with zero attached hydrogens (tertiary/aromatic N) is 1. The molecule has 3 heteroatoms. The van der Waals surface area contributed by atoms with Gasteiger partial charge in [-0.3, -0.25) is 4.90 Å². The van der Waals surface area contributed by atoms with Crippen molar-refractivity contribution < 1.29 is 4.74 Å². The highest BCUT2D eigenvalue weighted by atomic mass is 16.5.